The lowest BCUT2D eigenvalue weighted by Gasteiger charge is -2.28. The quantitative estimate of drug-likeness (QED) is 0.785. The first kappa shape index (κ1) is 9.82. The molecule has 1 aromatic heterocycles. The van der Waals surface area contributed by atoms with Crippen LogP contribution in [-0.4, -0.2) is 42.1 Å². The third-order valence-corrected chi connectivity index (χ3v) is 2.56. The first-order valence-corrected chi connectivity index (χ1v) is 5.47. The van der Waals surface area contributed by atoms with Gasteiger partial charge in [-0.15, -0.1) is 10.2 Å². The molecule has 2 unspecified atom stereocenters. The third kappa shape index (κ3) is 2.63. The van der Waals surface area contributed by atoms with Crippen LogP contribution in [0, 0.1) is 0 Å². The highest BCUT2D eigenvalue weighted by molar-refractivity contribution is 7.11. The van der Waals surface area contributed by atoms with Crippen LogP contribution >= 0.6 is 11.3 Å². The summed E-state index contributed by atoms with van der Waals surface area (Å²) in [5.41, 5.74) is 1.65. The molecule has 0 amide bonds. The topological polar surface area (TPSA) is 56.3 Å². The standard InChI is InChI=1S/C8H13N3O2S/c1-6-2-9-3-7(13-6)4-12-8-11-10-5-14-8/h5-7,9H,2-4H2,1H3. The molecule has 1 fully saturated rings. The van der Waals surface area contributed by atoms with Crippen molar-refractivity contribution < 1.29 is 9.47 Å². The largest absolute Gasteiger partial charge is 0.466 e. The maximum atomic E-state index is 5.65. The first-order chi connectivity index (χ1) is 6.84. The third-order valence-electron chi connectivity index (χ3n) is 1.96. The van der Waals surface area contributed by atoms with Crippen molar-refractivity contribution in [3.05, 3.63) is 5.51 Å². The molecule has 14 heavy (non-hydrogen) atoms. The number of nitrogens with zero attached hydrogens (tertiary/aromatic N) is 2. The summed E-state index contributed by atoms with van der Waals surface area (Å²) in [5, 5.41) is 11.4. The van der Waals surface area contributed by atoms with Gasteiger partial charge in [0.1, 0.15) is 18.2 Å². The minimum absolute atomic E-state index is 0.114. The summed E-state index contributed by atoms with van der Waals surface area (Å²) in [7, 11) is 0. The van der Waals surface area contributed by atoms with Gasteiger partial charge in [-0.05, 0) is 6.92 Å². The van der Waals surface area contributed by atoms with Crippen molar-refractivity contribution in [2.24, 2.45) is 0 Å². The van der Waals surface area contributed by atoms with Gasteiger partial charge < -0.3 is 14.8 Å². The number of morpholine rings is 1. The molecule has 1 aromatic rings. The maximum absolute atomic E-state index is 5.65. The molecule has 0 aromatic carbocycles. The van der Waals surface area contributed by atoms with E-state index >= 15 is 0 Å². The van der Waals surface area contributed by atoms with Gasteiger partial charge in [0.15, 0.2) is 0 Å². The van der Waals surface area contributed by atoms with Gasteiger partial charge in [0.2, 0.25) is 0 Å². The van der Waals surface area contributed by atoms with Crippen LogP contribution in [0.5, 0.6) is 5.19 Å². The predicted octanol–water partition coefficient (Wildman–Crippen LogP) is 0.294. The van der Waals surface area contributed by atoms with Crippen molar-refractivity contribution in [3.8, 4) is 5.19 Å². The second kappa shape index (κ2) is 4.68. The van der Waals surface area contributed by atoms with E-state index in [-0.39, 0.29) is 12.2 Å². The van der Waals surface area contributed by atoms with Crippen molar-refractivity contribution in [1.29, 1.82) is 0 Å². The van der Waals surface area contributed by atoms with Gasteiger partial charge in [0.05, 0.1) is 6.10 Å². The van der Waals surface area contributed by atoms with Crippen molar-refractivity contribution in [2.75, 3.05) is 19.7 Å². The van der Waals surface area contributed by atoms with E-state index in [1.165, 1.54) is 11.3 Å². The van der Waals surface area contributed by atoms with Crippen LogP contribution in [0.3, 0.4) is 0 Å². The fourth-order valence-corrected chi connectivity index (χ4v) is 1.78. The van der Waals surface area contributed by atoms with Gasteiger partial charge >= 0.3 is 0 Å². The molecule has 78 valence electrons. The van der Waals surface area contributed by atoms with E-state index in [2.05, 4.69) is 15.5 Å². The Morgan fingerprint density at radius 1 is 1.71 bits per heavy atom. The molecular formula is C8H13N3O2S. The van der Waals surface area contributed by atoms with Crippen LogP contribution < -0.4 is 10.1 Å². The second-order valence-corrected chi connectivity index (χ2v) is 4.04. The number of hydrogen-bond donors (Lipinski definition) is 1. The molecule has 1 aliphatic rings. The molecule has 1 N–H and O–H groups in total. The second-order valence-electron chi connectivity index (χ2n) is 3.24. The summed E-state index contributed by atoms with van der Waals surface area (Å²) in [6, 6.07) is 0. The van der Waals surface area contributed by atoms with Gasteiger partial charge in [0.25, 0.3) is 5.19 Å². The summed E-state index contributed by atoms with van der Waals surface area (Å²) < 4.78 is 11.1. The van der Waals surface area contributed by atoms with Crippen LogP contribution in [-0.2, 0) is 4.74 Å². The van der Waals surface area contributed by atoms with Crippen LogP contribution in [0.15, 0.2) is 5.51 Å². The number of hydrogen-bond acceptors (Lipinski definition) is 6. The molecule has 1 aliphatic heterocycles. The normalized spacial score (nSPS) is 27.5. The van der Waals surface area contributed by atoms with E-state index in [0.717, 1.165) is 13.1 Å². The van der Waals surface area contributed by atoms with Crippen LogP contribution in [0.25, 0.3) is 0 Å². The van der Waals surface area contributed by atoms with Crippen LogP contribution in [0.2, 0.25) is 0 Å². The van der Waals surface area contributed by atoms with E-state index in [1.807, 2.05) is 6.92 Å². The van der Waals surface area contributed by atoms with Gasteiger partial charge in [-0.3, -0.25) is 0 Å². The molecule has 1 saturated heterocycles. The lowest BCUT2D eigenvalue weighted by atomic mass is 10.2. The Kier molecular flexibility index (Phi) is 3.28. The van der Waals surface area contributed by atoms with Crippen molar-refractivity contribution in [3.63, 3.8) is 0 Å². The lowest BCUT2D eigenvalue weighted by Crippen LogP contribution is -2.45. The predicted molar refractivity (Wildman–Crippen MR) is 52.6 cm³/mol. The summed E-state index contributed by atoms with van der Waals surface area (Å²) in [5.74, 6) is 0. The molecule has 0 radical (unpaired) electrons. The molecule has 2 atom stereocenters. The number of aromatic nitrogens is 2. The monoisotopic (exact) mass is 215 g/mol. The van der Waals surface area contributed by atoms with Gasteiger partial charge in [-0.2, -0.15) is 0 Å². The smallest absolute Gasteiger partial charge is 0.293 e. The molecular weight excluding hydrogens is 202 g/mol. The molecule has 0 bridgehead atoms. The fourth-order valence-electron chi connectivity index (χ4n) is 1.36. The zero-order chi connectivity index (χ0) is 9.80. The van der Waals surface area contributed by atoms with Crippen molar-refractivity contribution in [2.45, 2.75) is 19.1 Å². The molecule has 2 heterocycles. The van der Waals surface area contributed by atoms with E-state index < -0.39 is 0 Å². The first-order valence-electron chi connectivity index (χ1n) is 4.60. The Morgan fingerprint density at radius 3 is 3.36 bits per heavy atom. The van der Waals surface area contributed by atoms with E-state index in [1.54, 1.807) is 5.51 Å². The van der Waals surface area contributed by atoms with Crippen LogP contribution in [0.1, 0.15) is 6.92 Å². The Balaban J connectivity index is 1.75. The van der Waals surface area contributed by atoms with Crippen LogP contribution in [0.4, 0.5) is 0 Å². The molecule has 0 saturated carbocycles. The minimum Gasteiger partial charge on any atom is -0.466 e. The Morgan fingerprint density at radius 2 is 2.64 bits per heavy atom. The fraction of sp³-hybridized carbons (Fsp3) is 0.750. The highest BCUT2D eigenvalue weighted by Crippen LogP contribution is 2.12. The minimum atomic E-state index is 0.114. The molecule has 2 rings (SSSR count). The van der Waals surface area contributed by atoms with Crippen molar-refractivity contribution >= 4 is 11.3 Å². The molecule has 6 heteroatoms. The summed E-state index contributed by atoms with van der Waals surface area (Å²) in [6.07, 6.45) is 0.370. The van der Waals surface area contributed by atoms with E-state index in [0.29, 0.717) is 11.8 Å². The molecule has 0 aliphatic carbocycles. The molecule has 5 nitrogen and oxygen atoms in total. The van der Waals surface area contributed by atoms with Gasteiger partial charge in [0, 0.05) is 13.1 Å². The van der Waals surface area contributed by atoms with E-state index in [4.69, 9.17) is 9.47 Å². The zero-order valence-corrected chi connectivity index (χ0v) is 8.79. The number of ether oxygens (including phenoxy) is 2. The Labute approximate surface area is 86.4 Å². The Hall–Kier alpha value is -0.720. The average Bonchev–Trinajstić information content (AvgIpc) is 2.67. The van der Waals surface area contributed by atoms with Crippen molar-refractivity contribution in [1.82, 2.24) is 15.5 Å². The Bertz CT molecular complexity index is 268. The maximum Gasteiger partial charge on any atom is 0.293 e. The highest BCUT2D eigenvalue weighted by Gasteiger charge is 2.19. The number of nitrogens with one attached hydrogen (secondary N) is 1. The molecule has 0 spiro atoms. The number of rotatable bonds is 3. The summed E-state index contributed by atoms with van der Waals surface area (Å²) >= 11 is 1.39. The highest BCUT2D eigenvalue weighted by atomic mass is 32.1. The zero-order valence-electron chi connectivity index (χ0n) is 7.97. The average molecular weight is 215 g/mol. The van der Waals surface area contributed by atoms with Gasteiger partial charge in [-0.25, -0.2) is 0 Å². The van der Waals surface area contributed by atoms with Gasteiger partial charge in [-0.1, -0.05) is 11.3 Å². The summed E-state index contributed by atoms with van der Waals surface area (Å²) in [6.45, 7) is 4.33. The lowest BCUT2D eigenvalue weighted by molar-refractivity contribution is -0.0471. The summed E-state index contributed by atoms with van der Waals surface area (Å²) in [4.78, 5) is 0. The van der Waals surface area contributed by atoms with E-state index in [9.17, 15) is 0 Å². The SMILES string of the molecule is CC1CNCC(COc2nncs2)O1.